The lowest BCUT2D eigenvalue weighted by atomic mass is 10.1. The van der Waals surface area contributed by atoms with Crippen molar-refractivity contribution in [3.05, 3.63) is 69.3 Å². The van der Waals surface area contributed by atoms with Crippen LogP contribution >= 0.6 is 11.3 Å². The number of anilines is 1. The van der Waals surface area contributed by atoms with Gasteiger partial charge in [0.15, 0.2) is 0 Å². The SMILES string of the molecule is Cc1cc(N2CCN(C(=O)c3sc(Cc4ccc(F)cc4)nc3C)CC2)n2ncnc2n1. The number of carbonyl (C=O) groups excluding carboxylic acids is 1. The number of aryl methyl sites for hydroxylation is 2. The molecule has 0 radical (unpaired) electrons. The zero-order valence-electron chi connectivity index (χ0n) is 17.8. The van der Waals surface area contributed by atoms with E-state index in [4.69, 9.17) is 0 Å². The van der Waals surface area contributed by atoms with Gasteiger partial charge in [-0.05, 0) is 31.5 Å². The van der Waals surface area contributed by atoms with Gasteiger partial charge in [0.25, 0.3) is 11.7 Å². The third-order valence-electron chi connectivity index (χ3n) is 5.56. The largest absolute Gasteiger partial charge is 0.353 e. The third-order valence-corrected chi connectivity index (χ3v) is 6.70. The zero-order chi connectivity index (χ0) is 22.2. The molecule has 0 unspecified atom stereocenters. The van der Waals surface area contributed by atoms with E-state index in [0.29, 0.717) is 43.3 Å². The second kappa shape index (κ2) is 8.27. The molecule has 1 fully saturated rings. The van der Waals surface area contributed by atoms with Gasteiger partial charge in [-0.1, -0.05) is 12.1 Å². The summed E-state index contributed by atoms with van der Waals surface area (Å²) in [5.41, 5.74) is 2.60. The predicted octanol–water partition coefficient (Wildman–Crippen LogP) is 2.89. The molecule has 0 bridgehead atoms. The lowest BCUT2D eigenvalue weighted by molar-refractivity contribution is 0.0750. The summed E-state index contributed by atoms with van der Waals surface area (Å²) < 4.78 is 14.9. The Labute approximate surface area is 188 Å². The van der Waals surface area contributed by atoms with E-state index in [1.165, 1.54) is 29.8 Å². The molecule has 0 spiro atoms. The summed E-state index contributed by atoms with van der Waals surface area (Å²) in [4.78, 5) is 31.1. The van der Waals surface area contributed by atoms with Crippen LogP contribution in [0.15, 0.2) is 36.7 Å². The monoisotopic (exact) mass is 451 g/mol. The van der Waals surface area contributed by atoms with Gasteiger partial charge in [-0.15, -0.1) is 11.3 Å². The molecule has 8 nitrogen and oxygen atoms in total. The van der Waals surface area contributed by atoms with Gasteiger partial charge < -0.3 is 9.80 Å². The highest BCUT2D eigenvalue weighted by Crippen LogP contribution is 2.24. The first kappa shape index (κ1) is 20.5. The van der Waals surface area contributed by atoms with Crippen LogP contribution in [0.5, 0.6) is 0 Å². The van der Waals surface area contributed by atoms with Crippen LogP contribution in [0.1, 0.15) is 31.6 Å². The first-order valence-corrected chi connectivity index (χ1v) is 11.2. The number of piperazine rings is 1. The molecule has 10 heteroatoms. The van der Waals surface area contributed by atoms with Gasteiger partial charge in [0.2, 0.25) is 0 Å². The van der Waals surface area contributed by atoms with Gasteiger partial charge in [-0.25, -0.2) is 14.4 Å². The van der Waals surface area contributed by atoms with Gasteiger partial charge in [-0.2, -0.15) is 14.6 Å². The molecule has 3 aromatic heterocycles. The molecule has 1 aliphatic rings. The summed E-state index contributed by atoms with van der Waals surface area (Å²) >= 11 is 1.42. The second-order valence-electron chi connectivity index (χ2n) is 7.83. The maximum atomic E-state index is 13.2. The van der Waals surface area contributed by atoms with E-state index >= 15 is 0 Å². The molecule has 0 aliphatic carbocycles. The van der Waals surface area contributed by atoms with Crippen LogP contribution in [0.2, 0.25) is 0 Å². The first-order valence-electron chi connectivity index (χ1n) is 10.4. The molecule has 0 N–H and O–H groups in total. The van der Waals surface area contributed by atoms with Crippen molar-refractivity contribution >= 4 is 28.8 Å². The van der Waals surface area contributed by atoms with Crippen LogP contribution in [0.25, 0.3) is 5.78 Å². The summed E-state index contributed by atoms with van der Waals surface area (Å²) in [5, 5.41) is 5.14. The van der Waals surface area contributed by atoms with Gasteiger partial charge in [-0.3, -0.25) is 4.79 Å². The number of hydrogen-bond donors (Lipinski definition) is 0. The Bertz CT molecular complexity index is 1280. The minimum Gasteiger partial charge on any atom is -0.353 e. The van der Waals surface area contributed by atoms with Crippen LogP contribution < -0.4 is 4.90 Å². The summed E-state index contributed by atoms with van der Waals surface area (Å²) in [6, 6.07) is 8.38. The minimum atomic E-state index is -0.259. The van der Waals surface area contributed by atoms with Crippen LogP contribution in [0.4, 0.5) is 10.2 Å². The highest BCUT2D eigenvalue weighted by Gasteiger charge is 2.26. The van der Waals surface area contributed by atoms with Crippen LogP contribution in [0.3, 0.4) is 0 Å². The molecule has 4 aromatic rings. The Balaban J connectivity index is 1.28. The smallest absolute Gasteiger partial charge is 0.265 e. The number of hydrogen-bond acceptors (Lipinski definition) is 7. The van der Waals surface area contributed by atoms with Crippen molar-refractivity contribution in [2.24, 2.45) is 0 Å². The predicted molar refractivity (Wildman–Crippen MR) is 120 cm³/mol. The van der Waals surface area contributed by atoms with Crippen molar-refractivity contribution in [2.45, 2.75) is 20.3 Å². The standard InChI is InChI=1S/C22H22FN7OS/c1-14-11-19(30-22(26-14)24-13-25-30)28-7-9-29(10-8-28)21(31)20-15(2)27-18(32-20)12-16-3-5-17(23)6-4-16/h3-6,11,13H,7-10,12H2,1-2H3. The van der Waals surface area contributed by atoms with Crippen molar-refractivity contribution in [3.63, 3.8) is 0 Å². The molecular weight excluding hydrogens is 429 g/mol. The normalized spacial score (nSPS) is 14.3. The van der Waals surface area contributed by atoms with Crippen LogP contribution in [0, 0.1) is 19.7 Å². The first-order chi connectivity index (χ1) is 15.5. The number of thiazole rings is 1. The van der Waals surface area contributed by atoms with Crippen molar-refractivity contribution in [1.29, 1.82) is 0 Å². The Morgan fingerprint density at radius 3 is 2.59 bits per heavy atom. The molecule has 1 amide bonds. The van der Waals surface area contributed by atoms with E-state index in [-0.39, 0.29) is 11.7 Å². The molecule has 1 aromatic carbocycles. The van der Waals surface area contributed by atoms with Crippen molar-refractivity contribution in [2.75, 3.05) is 31.1 Å². The number of aromatic nitrogens is 5. The second-order valence-corrected chi connectivity index (χ2v) is 8.92. The topological polar surface area (TPSA) is 79.5 Å². The summed E-state index contributed by atoms with van der Waals surface area (Å²) in [6.07, 6.45) is 2.09. The maximum absolute atomic E-state index is 13.2. The molecule has 0 atom stereocenters. The highest BCUT2D eigenvalue weighted by atomic mass is 32.1. The molecule has 1 saturated heterocycles. The molecular formula is C22H22FN7OS. The van der Waals surface area contributed by atoms with E-state index in [1.54, 1.807) is 16.6 Å². The van der Waals surface area contributed by atoms with Gasteiger partial charge in [0.05, 0.1) is 10.7 Å². The van der Waals surface area contributed by atoms with Crippen molar-refractivity contribution < 1.29 is 9.18 Å². The number of rotatable bonds is 4. The lowest BCUT2D eigenvalue weighted by Gasteiger charge is -2.35. The van der Waals surface area contributed by atoms with E-state index in [0.717, 1.165) is 27.8 Å². The quantitative estimate of drug-likeness (QED) is 0.475. The minimum absolute atomic E-state index is 0.0156. The third kappa shape index (κ3) is 3.93. The van der Waals surface area contributed by atoms with Crippen LogP contribution in [-0.4, -0.2) is 61.6 Å². The Morgan fingerprint density at radius 1 is 1.09 bits per heavy atom. The molecule has 1 aliphatic heterocycles. The van der Waals surface area contributed by atoms with Gasteiger partial charge >= 0.3 is 0 Å². The summed E-state index contributed by atoms with van der Waals surface area (Å²) in [7, 11) is 0. The average Bonchev–Trinajstić information content (AvgIpc) is 3.40. The Kier molecular flexibility index (Phi) is 5.30. The molecule has 4 heterocycles. The molecule has 32 heavy (non-hydrogen) atoms. The number of benzene rings is 1. The maximum Gasteiger partial charge on any atom is 0.265 e. The van der Waals surface area contributed by atoms with Crippen molar-refractivity contribution in [1.82, 2.24) is 29.5 Å². The average molecular weight is 452 g/mol. The number of carbonyl (C=O) groups is 1. The van der Waals surface area contributed by atoms with E-state index in [9.17, 15) is 9.18 Å². The number of amides is 1. The zero-order valence-corrected chi connectivity index (χ0v) is 18.6. The van der Waals surface area contributed by atoms with E-state index < -0.39 is 0 Å². The van der Waals surface area contributed by atoms with E-state index in [1.807, 2.05) is 24.8 Å². The fourth-order valence-electron chi connectivity index (χ4n) is 3.92. The van der Waals surface area contributed by atoms with Gasteiger partial charge in [0.1, 0.15) is 22.8 Å². The van der Waals surface area contributed by atoms with Crippen molar-refractivity contribution in [3.8, 4) is 0 Å². The Hall–Kier alpha value is -3.40. The van der Waals surface area contributed by atoms with E-state index in [2.05, 4.69) is 25.0 Å². The molecule has 164 valence electrons. The number of nitrogens with zero attached hydrogens (tertiary/aromatic N) is 7. The highest BCUT2D eigenvalue weighted by molar-refractivity contribution is 7.13. The van der Waals surface area contributed by atoms with Gasteiger partial charge in [0, 0.05) is 44.4 Å². The number of halogens is 1. The Morgan fingerprint density at radius 2 is 1.84 bits per heavy atom. The van der Waals surface area contributed by atoms with Crippen LogP contribution in [-0.2, 0) is 6.42 Å². The summed E-state index contributed by atoms with van der Waals surface area (Å²) in [5.74, 6) is 1.27. The fourth-order valence-corrected chi connectivity index (χ4v) is 4.99. The summed E-state index contributed by atoms with van der Waals surface area (Å²) in [6.45, 7) is 6.43. The number of fused-ring (bicyclic) bond motifs is 1. The lowest BCUT2D eigenvalue weighted by Crippen LogP contribution is -2.49. The molecule has 0 saturated carbocycles. The fraction of sp³-hybridized carbons (Fsp3) is 0.318. The molecule has 5 rings (SSSR count).